The fourth-order valence-corrected chi connectivity index (χ4v) is 3.55. The number of carbonyl (C=O) groups excluding carboxylic acids is 2. The van der Waals surface area contributed by atoms with Crippen LogP contribution >= 0.6 is 11.6 Å². The quantitative estimate of drug-likeness (QED) is 0.425. The van der Waals surface area contributed by atoms with Crippen molar-refractivity contribution in [3.63, 3.8) is 0 Å². The van der Waals surface area contributed by atoms with Crippen LogP contribution in [-0.2, 0) is 16.1 Å². The first-order chi connectivity index (χ1) is 15.3. The summed E-state index contributed by atoms with van der Waals surface area (Å²) in [5.41, 5.74) is 2.15. The lowest BCUT2D eigenvalue weighted by molar-refractivity contribution is -0.141. The fraction of sp³-hybridized carbons (Fsp3) is 0.462. The van der Waals surface area contributed by atoms with Crippen molar-refractivity contribution in [2.45, 2.75) is 72.0 Å². The van der Waals surface area contributed by atoms with Gasteiger partial charge in [-0.3, -0.25) is 9.59 Å². The van der Waals surface area contributed by atoms with E-state index >= 15 is 0 Å². The number of carbonyl (C=O) groups is 2. The number of hydrogen-bond donors (Lipinski definition) is 1. The zero-order valence-corrected chi connectivity index (χ0v) is 20.3. The summed E-state index contributed by atoms with van der Waals surface area (Å²) in [6.45, 7) is 8.81. The van der Waals surface area contributed by atoms with Crippen LogP contribution in [0.3, 0.4) is 0 Å². The molecular weight excluding hydrogens is 424 g/mol. The number of amides is 2. The highest BCUT2D eigenvalue weighted by molar-refractivity contribution is 6.30. The van der Waals surface area contributed by atoms with Crippen molar-refractivity contribution in [3.05, 3.63) is 64.7 Å². The van der Waals surface area contributed by atoms with Gasteiger partial charge in [-0.1, -0.05) is 49.7 Å². The molecule has 0 aromatic heterocycles. The Balaban J connectivity index is 2.07. The molecule has 0 fully saturated rings. The molecule has 32 heavy (non-hydrogen) atoms. The van der Waals surface area contributed by atoms with Gasteiger partial charge in [0.25, 0.3) is 0 Å². The highest BCUT2D eigenvalue weighted by Crippen LogP contribution is 2.18. The van der Waals surface area contributed by atoms with Crippen LogP contribution in [0.4, 0.5) is 0 Å². The largest absolute Gasteiger partial charge is 0.494 e. The Kier molecular flexibility index (Phi) is 10.5. The molecule has 2 amide bonds. The number of aryl methyl sites for hydroxylation is 1. The second-order valence-corrected chi connectivity index (χ2v) is 8.53. The minimum Gasteiger partial charge on any atom is -0.494 e. The zero-order chi connectivity index (χ0) is 23.5. The number of nitrogens with one attached hydrogen (secondary N) is 1. The first-order valence-corrected chi connectivity index (χ1v) is 11.8. The molecule has 0 saturated heterocycles. The molecule has 0 radical (unpaired) electrons. The molecule has 0 heterocycles. The molecule has 0 unspecified atom stereocenters. The van der Waals surface area contributed by atoms with Crippen molar-refractivity contribution in [2.75, 3.05) is 6.61 Å². The van der Waals surface area contributed by atoms with Crippen molar-refractivity contribution in [2.24, 2.45) is 0 Å². The number of benzene rings is 2. The van der Waals surface area contributed by atoms with Crippen LogP contribution in [0.15, 0.2) is 48.5 Å². The first-order valence-electron chi connectivity index (χ1n) is 11.4. The van der Waals surface area contributed by atoms with Crippen LogP contribution in [-0.4, -0.2) is 35.4 Å². The van der Waals surface area contributed by atoms with E-state index in [-0.39, 0.29) is 17.9 Å². The Labute approximate surface area is 197 Å². The standard InChI is InChI=1S/C26H35ClN2O3/c1-5-20(4)28-26(31)24(6-2)29(18-21-11-8-7-10-19(21)3)25(30)12-9-17-32-23-15-13-22(27)14-16-23/h7-8,10-11,13-16,20,24H,5-6,9,12,17-18H2,1-4H3,(H,28,31)/t20-,24+/m1/s1. The van der Waals surface area contributed by atoms with E-state index in [1.165, 1.54) is 0 Å². The monoisotopic (exact) mass is 458 g/mol. The molecular formula is C26H35ClN2O3. The van der Waals surface area contributed by atoms with E-state index in [0.717, 1.165) is 23.3 Å². The van der Waals surface area contributed by atoms with Gasteiger partial charge in [-0.15, -0.1) is 0 Å². The summed E-state index contributed by atoms with van der Waals surface area (Å²) in [6, 6.07) is 14.7. The topological polar surface area (TPSA) is 58.6 Å². The minimum absolute atomic E-state index is 0.0425. The predicted octanol–water partition coefficient (Wildman–Crippen LogP) is 5.53. The fourth-order valence-electron chi connectivity index (χ4n) is 3.42. The maximum Gasteiger partial charge on any atom is 0.243 e. The van der Waals surface area contributed by atoms with Crippen molar-refractivity contribution >= 4 is 23.4 Å². The second kappa shape index (κ2) is 13.1. The molecule has 1 N–H and O–H groups in total. The summed E-state index contributed by atoms with van der Waals surface area (Å²) in [5.74, 6) is 0.582. The maximum absolute atomic E-state index is 13.2. The van der Waals surface area contributed by atoms with E-state index in [9.17, 15) is 9.59 Å². The van der Waals surface area contributed by atoms with Gasteiger partial charge < -0.3 is 15.0 Å². The third kappa shape index (κ3) is 7.86. The summed E-state index contributed by atoms with van der Waals surface area (Å²) in [5, 5.41) is 3.69. The van der Waals surface area contributed by atoms with E-state index in [4.69, 9.17) is 16.3 Å². The Hall–Kier alpha value is -2.53. The molecule has 0 saturated carbocycles. The van der Waals surface area contributed by atoms with Crippen LogP contribution in [0, 0.1) is 6.92 Å². The molecule has 2 atom stereocenters. The lowest BCUT2D eigenvalue weighted by atomic mass is 10.0. The third-order valence-corrected chi connectivity index (χ3v) is 5.86. The van der Waals surface area contributed by atoms with Crippen LogP contribution in [0.25, 0.3) is 0 Å². The third-order valence-electron chi connectivity index (χ3n) is 5.61. The zero-order valence-electron chi connectivity index (χ0n) is 19.6. The summed E-state index contributed by atoms with van der Waals surface area (Å²) >= 11 is 5.90. The van der Waals surface area contributed by atoms with Gasteiger partial charge in [0.2, 0.25) is 11.8 Å². The average molecular weight is 459 g/mol. The summed E-state index contributed by atoms with van der Waals surface area (Å²) < 4.78 is 5.72. The number of halogens is 1. The van der Waals surface area contributed by atoms with Crippen molar-refractivity contribution in [1.29, 1.82) is 0 Å². The van der Waals surface area contributed by atoms with Gasteiger partial charge in [0.15, 0.2) is 0 Å². The van der Waals surface area contributed by atoms with Gasteiger partial charge >= 0.3 is 0 Å². The smallest absolute Gasteiger partial charge is 0.243 e. The van der Waals surface area contributed by atoms with Gasteiger partial charge in [0, 0.05) is 24.0 Å². The average Bonchev–Trinajstić information content (AvgIpc) is 2.78. The van der Waals surface area contributed by atoms with Crippen molar-refractivity contribution in [1.82, 2.24) is 10.2 Å². The van der Waals surface area contributed by atoms with E-state index in [1.807, 2.05) is 52.0 Å². The normalized spacial score (nSPS) is 12.7. The van der Waals surface area contributed by atoms with Gasteiger partial charge in [0.05, 0.1) is 6.61 Å². The maximum atomic E-state index is 13.2. The highest BCUT2D eigenvalue weighted by atomic mass is 35.5. The number of ether oxygens (including phenoxy) is 1. The Morgan fingerprint density at radius 2 is 1.75 bits per heavy atom. The van der Waals surface area contributed by atoms with Crippen LogP contribution in [0.1, 0.15) is 57.6 Å². The molecule has 2 aromatic rings. The van der Waals surface area contributed by atoms with Gasteiger partial charge in [-0.2, -0.15) is 0 Å². The van der Waals surface area contributed by atoms with Crippen molar-refractivity contribution in [3.8, 4) is 5.75 Å². The summed E-state index contributed by atoms with van der Waals surface area (Å²) in [7, 11) is 0. The summed E-state index contributed by atoms with van der Waals surface area (Å²) in [4.78, 5) is 27.9. The Morgan fingerprint density at radius 3 is 2.38 bits per heavy atom. The SMILES string of the molecule is CC[C@@H](C)NC(=O)[C@H](CC)N(Cc1ccccc1C)C(=O)CCCOc1ccc(Cl)cc1. The molecule has 0 aliphatic heterocycles. The molecule has 0 bridgehead atoms. The second-order valence-electron chi connectivity index (χ2n) is 8.10. The lowest BCUT2D eigenvalue weighted by Crippen LogP contribution is -2.50. The molecule has 6 heteroatoms. The minimum atomic E-state index is -0.506. The molecule has 2 rings (SSSR count). The molecule has 0 aliphatic rings. The molecule has 0 spiro atoms. The first kappa shape index (κ1) is 25.7. The highest BCUT2D eigenvalue weighted by Gasteiger charge is 2.29. The molecule has 5 nitrogen and oxygen atoms in total. The Morgan fingerprint density at radius 1 is 1.06 bits per heavy atom. The molecule has 174 valence electrons. The van der Waals surface area contributed by atoms with Crippen LogP contribution < -0.4 is 10.1 Å². The van der Waals surface area contributed by atoms with E-state index < -0.39 is 6.04 Å². The van der Waals surface area contributed by atoms with E-state index in [2.05, 4.69) is 5.32 Å². The number of hydrogen-bond acceptors (Lipinski definition) is 3. The van der Waals surface area contributed by atoms with Crippen molar-refractivity contribution < 1.29 is 14.3 Å². The summed E-state index contributed by atoms with van der Waals surface area (Å²) in [6.07, 6.45) is 2.28. The van der Waals surface area contributed by atoms with Gasteiger partial charge in [-0.05, 0) is 68.5 Å². The van der Waals surface area contributed by atoms with Crippen LogP contribution in [0.5, 0.6) is 5.75 Å². The predicted molar refractivity (Wildman–Crippen MR) is 130 cm³/mol. The molecule has 2 aromatic carbocycles. The Bertz CT molecular complexity index is 870. The molecule has 0 aliphatic carbocycles. The van der Waals surface area contributed by atoms with E-state index in [1.54, 1.807) is 29.2 Å². The van der Waals surface area contributed by atoms with Gasteiger partial charge in [-0.25, -0.2) is 0 Å². The number of rotatable bonds is 12. The van der Waals surface area contributed by atoms with E-state index in [0.29, 0.717) is 37.4 Å². The number of nitrogens with zero attached hydrogens (tertiary/aromatic N) is 1. The lowest BCUT2D eigenvalue weighted by Gasteiger charge is -2.32. The van der Waals surface area contributed by atoms with Gasteiger partial charge in [0.1, 0.15) is 11.8 Å². The van der Waals surface area contributed by atoms with Crippen LogP contribution in [0.2, 0.25) is 5.02 Å².